The van der Waals surface area contributed by atoms with E-state index in [0.717, 1.165) is 0 Å². The van der Waals surface area contributed by atoms with E-state index in [1.165, 1.54) is 17.3 Å². The van der Waals surface area contributed by atoms with E-state index in [1.54, 1.807) is 6.07 Å². The molecule has 2 rings (SSSR count). The third kappa shape index (κ3) is 2.47. The summed E-state index contributed by atoms with van der Waals surface area (Å²) >= 11 is 3.23. The number of aliphatic hydroxyl groups excluding tert-OH is 1. The minimum Gasteiger partial charge on any atom is -0.394 e. The topological polar surface area (TPSA) is 53.4 Å². The highest BCUT2D eigenvalue weighted by molar-refractivity contribution is 9.10. The molecule has 17 heavy (non-hydrogen) atoms. The number of carbonyl (C=O) groups excluding carboxylic acids is 1. The summed E-state index contributed by atoms with van der Waals surface area (Å²) in [6.45, 7) is -0.173. The van der Waals surface area contributed by atoms with E-state index in [1.807, 2.05) is 0 Å². The van der Waals surface area contributed by atoms with Crippen LogP contribution in [0.5, 0.6) is 0 Å². The standard InChI is InChI=1S/C11H12BrFN2O2/c12-10-4-14-2-1-9(10)11(17)15-5-7(13)3-8(15)6-16/h1-2,4,7-8,16H,3,5-6H2/t7-,8-/m0/s1. The maximum atomic E-state index is 13.3. The predicted molar refractivity (Wildman–Crippen MR) is 63.4 cm³/mol. The van der Waals surface area contributed by atoms with Crippen LogP contribution in [-0.2, 0) is 0 Å². The lowest BCUT2D eigenvalue weighted by atomic mass is 10.2. The van der Waals surface area contributed by atoms with Crippen molar-refractivity contribution < 1.29 is 14.3 Å². The van der Waals surface area contributed by atoms with Gasteiger partial charge in [0.1, 0.15) is 6.17 Å². The van der Waals surface area contributed by atoms with Gasteiger partial charge in [-0.05, 0) is 22.0 Å². The minimum atomic E-state index is -1.06. The molecule has 0 spiro atoms. The van der Waals surface area contributed by atoms with Crippen LogP contribution in [0.4, 0.5) is 4.39 Å². The zero-order chi connectivity index (χ0) is 12.4. The van der Waals surface area contributed by atoms with Crippen molar-refractivity contribution in [3.8, 4) is 0 Å². The molecule has 1 amide bonds. The van der Waals surface area contributed by atoms with Gasteiger partial charge in [0.15, 0.2) is 0 Å². The average molecular weight is 303 g/mol. The zero-order valence-electron chi connectivity index (χ0n) is 9.01. The molecule has 1 N–H and O–H groups in total. The number of amides is 1. The molecule has 1 aliphatic heterocycles. The molecular weight excluding hydrogens is 291 g/mol. The summed E-state index contributed by atoms with van der Waals surface area (Å²) in [6.07, 6.45) is 2.17. The van der Waals surface area contributed by atoms with E-state index in [-0.39, 0.29) is 25.5 Å². The monoisotopic (exact) mass is 302 g/mol. The smallest absolute Gasteiger partial charge is 0.255 e. The maximum absolute atomic E-state index is 13.3. The van der Waals surface area contributed by atoms with Gasteiger partial charge in [-0.1, -0.05) is 0 Å². The molecule has 1 aromatic heterocycles. The summed E-state index contributed by atoms with van der Waals surface area (Å²) in [6, 6.07) is 1.14. The maximum Gasteiger partial charge on any atom is 0.255 e. The summed E-state index contributed by atoms with van der Waals surface area (Å²) in [7, 11) is 0. The molecule has 0 unspecified atom stereocenters. The van der Waals surface area contributed by atoms with Crippen LogP contribution >= 0.6 is 15.9 Å². The Morgan fingerprint density at radius 2 is 2.47 bits per heavy atom. The van der Waals surface area contributed by atoms with Crippen LogP contribution in [0.2, 0.25) is 0 Å². The Bertz CT molecular complexity index is 430. The average Bonchev–Trinajstić information content (AvgIpc) is 2.70. The quantitative estimate of drug-likeness (QED) is 0.898. The van der Waals surface area contributed by atoms with Crippen molar-refractivity contribution >= 4 is 21.8 Å². The fourth-order valence-corrected chi connectivity index (χ4v) is 2.40. The van der Waals surface area contributed by atoms with Gasteiger partial charge in [0.05, 0.1) is 24.8 Å². The molecule has 1 aromatic rings. The second-order valence-electron chi connectivity index (χ2n) is 3.98. The van der Waals surface area contributed by atoms with Crippen molar-refractivity contribution in [1.29, 1.82) is 0 Å². The van der Waals surface area contributed by atoms with E-state index in [2.05, 4.69) is 20.9 Å². The molecule has 2 heterocycles. The lowest BCUT2D eigenvalue weighted by Crippen LogP contribution is -2.38. The minimum absolute atomic E-state index is 0.0405. The highest BCUT2D eigenvalue weighted by Crippen LogP contribution is 2.24. The summed E-state index contributed by atoms with van der Waals surface area (Å²) in [4.78, 5) is 17.4. The number of hydrogen-bond acceptors (Lipinski definition) is 3. The molecule has 4 nitrogen and oxygen atoms in total. The Morgan fingerprint density at radius 1 is 1.71 bits per heavy atom. The third-order valence-corrected chi connectivity index (χ3v) is 3.47. The molecule has 2 atom stereocenters. The SMILES string of the molecule is O=C(c1ccncc1Br)N1C[C@@H](F)C[C@H]1CO. The fourth-order valence-electron chi connectivity index (χ4n) is 1.98. The number of pyridine rings is 1. The fraction of sp³-hybridized carbons (Fsp3) is 0.455. The first-order valence-electron chi connectivity index (χ1n) is 5.29. The number of halogens is 2. The van der Waals surface area contributed by atoms with E-state index in [9.17, 15) is 9.18 Å². The lowest BCUT2D eigenvalue weighted by molar-refractivity contribution is 0.0672. The first kappa shape index (κ1) is 12.4. The van der Waals surface area contributed by atoms with E-state index in [0.29, 0.717) is 10.0 Å². The number of aliphatic hydroxyl groups is 1. The van der Waals surface area contributed by atoms with Gasteiger partial charge in [0.2, 0.25) is 0 Å². The second-order valence-corrected chi connectivity index (χ2v) is 4.84. The summed E-state index contributed by atoms with van der Waals surface area (Å²) < 4.78 is 13.8. The number of alkyl halides is 1. The number of aromatic nitrogens is 1. The van der Waals surface area contributed by atoms with E-state index in [4.69, 9.17) is 5.11 Å². The zero-order valence-corrected chi connectivity index (χ0v) is 10.6. The Morgan fingerprint density at radius 3 is 3.12 bits per heavy atom. The second kappa shape index (κ2) is 5.10. The molecule has 1 aliphatic rings. The van der Waals surface area contributed by atoms with Gasteiger partial charge in [0, 0.05) is 23.3 Å². The number of carbonyl (C=O) groups is 1. The number of hydrogen-bond donors (Lipinski definition) is 1. The molecular formula is C11H12BrFN2O2. The Kier molecular flexibility index (Phi) is 3.73. The lowest BCUT2D eigenvalue weighted by Gasteiger charge is -2.22. The summed E-state index contributed by atoms with van der Waals surface area (Å²) in [5.74, 6) is -0.279. The van der Waals surface area contributed by atoms with Crippen LogP contribution in [0.1, 0.15) is 16.8 Å². The van der Waals surface area contributed by atoms with Crippen molar-refractivity contribution in [3.05, 3.63) is 28.5 Å². The highest BCUT2D eigenvalue weighted by Gasteiger charge is 2.35. The van der Waals surface area contributed by atoms with Gasteiger partial charge in [-0.15, -0.1) is 0 Å². The largest absolute Gasteiger partial charge is 0.394 e. The van der Waals surface area contributed by atoms with Crippen molar-refractivity contribution in [1.82, 2.24) is 9.88 Å². The molecule has 92 valence electrons. The van der Waals surface area contributed by atoms with Crippen molar-refractivity contribution in [2.24, 2.45) is 0 Å². The molecule has 0 aromatic carbocycles. The molecule has 6 heteroatoms. The predicted octanol–water partition coefficient (Wildman–Crippen LogP) is 1.39. The van der Waals surface area contributed by atoms with Gasteiger partial charge >= 0.3 is 0 Å². The molecule has 0 bridgehead atoms. The van der Waals surface area contributed by atoms with Crippen molar-refractivity contribution in [3.63, 3.8) is 0 Å². The third-order valence-electron chi connectivity index (χ3n) is 2.84. The van der Waals surface area contributed by atoms with Crippen LogP contribution in [0.3, 0.4) is 0 Å². The summed E-state index contributed by atoms with van der Waals surface area (Å²) in [5.41, 5.74) is 0.438. The van der Waals surface area contributed by atoms with Crippen molar-refractivity contribution in [2.45, 2.75) is 18.6 Å². The highest BCUT2D eigenvalue weighted by atomic mass is 79.9. The van der Waals surface area contributed by atoms with Gasteiger partial charge in [-0.3, -0.25) is 9.78 Å². The molecule has 0 radical (unpaired) electrons. The van der Waals surface area contributed by atoms with Gasteiger partial charge < -0.3 is 10.0 Å². The number of rotatable bonds is 2. The van der Waals surface area contributed by atoms with Crippen LogP contribution in [-0.4, -0.2) is 46.3 Å². The first-order chi connectivity index (χ1) is 8.13. The van der Waals surface area contributed by atoms with Gasteiger partial charge in [-0.25, -0.2) is 4.39 Å². The Balaban J connectivity index is 2.23. The van der Waals surface area contributed by atoms with E-state index < -0.39 is 12.2 Å². The number of likely N-dealkylation sites (tertiary alicyclic amines) is 1. The number of nitrogens with zero attached hydrogens (tertiary/aromatic N) is 2. The van der Waals surface area contributed by atoms with Gasteiger partial charge in [0.25, 0.3) is 5.91 Å². The van der Waals surface area contributed by atoms with Crippen LogP contribution in [0.15, 0.2) is 22.9 Å². The van der Waals surface area contributed by atoms with Crippen molar-refractivity contribution in [2.75, 3.05) is 13.2 Å². The van der Waals surface area contributed by atoms with Crippen LogP contribution in [0, 0.1) is 0 Å². The molecule has 0 saturated carbocycles. The first-order valence-corrected chi connectivity index (χ1v) is 6.08. The van der Waals surface area contributed by atoms with Gasteiger partial charge in [-0.2, -0.15) is 0 Å². The molecule has 1 fully saturated rings. The summed E-state index contributed by atoms with van der Waals surface area (Å²) in [5, 5.41) is 9.13. The normalized spacial score (nSPS) is 24.1. The van der Waals surface area contributed by atoms with Crippen LogP contribution in [0.25, 0.3) is 0 Å². The van der Waals surface area contributed by atoms with Crippen LogP contribution < -0.4 is 0 Å². The Labute approximate surface area is 107 Å². The van der Waals surface area contributed by atoms with E-state index >= 15 is 0 Å². The Hall–Kier alpha value is -1.01. The molecule has 0 aliphatic carbocycles. The molecule has 1 saturated heterocycles.